The largest absolute Gasteiger partial charge is 0.305 e. The molecule has 12 heavy (non-hydrogen) atoms. The van der Waals surface area contributed by atoms with Crippen molar-refractivity contribution in [3.05, 3.63) is 0 Å². The molecule has 0 aromatic rings. The average molecular weight is 172 g/mol. The Morgan fingerprint density at radius 1 is 0.750 bits per heavy atom. The quantitative estimate of drug-likeness (QED) is 0.622. The van der Waals surface area contributed by atoms with Crippen LogP contribution in [-0.4, -0.2) is 50.1 Å². The summed E-state index contributed by atoms with van der Waals surface area (Å²) in [5.74, 6) is 0. The highest BCUT2D eigenvalue weighted by molar-refractivity contribution is 4.79. The first-order valence-electron chi connectivity index (χ1n) is 4.87. The number of hydrogen-bond donors (Lipinski definition) is 0. The lowest BCUT2D eigenvalue weighted by molar-refractivity contribution is 0.143. The third-order valence-electron chi connectivity index (χ3n) is 2.61. The molecule has 0 N–H and O–H groups in total. The fourth-order valence-corrected chi connectivity index (χ4v) is 1.96. The van der Waals surface area contributed by atoms with Crippen LogP contribution in [0, 0.1) is 0 Å². The van der Waals surface area contributed by atoms with Gasteiger partial charge in [0.1, 0.15) is 0 Å². The molecule has 0 aromatic heterocycles. The zero-order valence-electron chi connectivity index (χ0n) is 9.46. The molecule has 0 saturated heterocycles. The van der Waals surface area contributed by atoms with E-state index in [1.807, 2.05) is 0 Å². The summed E-state index contributed by atoms with van der Waals surface area (Å²) >= 11 is 0. The molecule has 0 amide bonds. The molecule has 0 saturated carbocycles. The molecule has 0 aromatic carbocycles. The fraction of sp³-hybridized carbons (Fsp3) is 1.00. The van der Waals surface area contributed by atoms with Crippen LogP contribution in [-0.2, 0) is 0 Å². The Balaban J connectivity index is 4.23. The minimum atomic E-state index is 0.685. The van der Waals surface area contributed by atoms with Crippen LogP contribution in [0.3, 0.4) is 0 Å². The number of rotatable bonds is 5. The van der Waals surface area contributed by atoms with Crippen molar-refractivity contribution in [2.45, 2.75) is 38.8 Å². The van der Waals surface area contributed by atoms with Crippen LogP contribution in [0.25, 0.3) is 0 Å². The van der Waals surface area contributed by atoms with Crippen LogP contribution in [0.15, 0.2) is 0 Å². The van der Waals surface area contributed by atoms with Gasteiger partial charge in [0.25, 0.3) is 0 Å². The molecule has 0 aliphatic rings. The average Bonchev–Trinajstić information content (AvgIpc) is 1.98. The third-order valence-corrected chi connectivity index (χ3v) is 2.61. The van der Waals surface area contributed by atoms with Crippen molar-refractivity contribution < 1.29 is 0 Å². The molecule has 0 spiro atoms. The number of hydrogen-bond acceptors (Lipinski definition) is 2. The molecule has 2 unspecified atom stereocenters. The van der Waals surface area contributed by atoms with Gasteiger partial charge < -0.3 is 9.80 Å². The van der Waals surface area contributed by atoms with Gasteiger partial charge in [0.15, 0.2) is 0 Å². The second-order valence-corrected chi connectivity index (χ2v) is 3.88. The van der Waals surface area contributed by atoms with E-state index in [0.29, 0.717) is 12.1 Å². The second kappa shape index (κ2) is 5.55. The molecule has 2 heteroatoms. The van der Waals surface area contributed by atoms with Gasteiger partial charge in [-0.15, -0.1) is 0 Å². The Labute approximate surface area is 77.5 Å². The zero-order valence-corrected chi connectivity index (χ0v) is 9.46. The predicted octanol–water partition coefficient (Wildman–Crippen LogP) is 1.67. The standard InChI is InChI=1S/C10H24N2/c1-7-9(11(3)4)10(8-2)12(5)6/h9-10H,7-8H2,1-6H3. The molecule has 0 fully saturated rings. The minimum Gasteiger partial charge on any atom is -0.305 e. The van der Waals surface area contributed by atoms with Gasteiger partial charge in [-0.05, 0) is 41.0 Å². The van der Waals surface area contributed by atoms with Crippen molar-refractivity contribution in [1.29, 1.82) is 0 Å². The molecular formula is C10H24N2. The highest BCUT2D eigenvalue weighted by atomic mass is 15.2. The molecule has 0 bridgehead atoms. The van der Waals surface area contributed by atoms with Gasteiger partial charge in [0, 0.05) is 12.1 Å². The van der Waals surface area contributed by atoms with E-state index in [2.05, 4.69) is 51.8 Å². The molecule has 2 atom stereocenters. The van der Waals surface area contributed by atoms with Crippen molar-refractivity contribution in [2.75, 3.05) is 28.2 Å². The molecule has 0 aliphatic carbocycles. The van der Waals surface area contributed by atoms with E-state index in [1.54, 1.807) is 0 Å². The topological polar surface area (TPSA) is 6.48 Å². The first-order valence-corrected chi connectivity index (χ1v) is 4.87. The van der Waals surface area contributed by atoms with Crippen LogP contribution in [0.5, 0.6) is 0 Å². The van der Waals surface area contributed by atoms with Crippen molar-refractivity contribution in [1.82, 2.24) is 9.80 Å². The normalized spacial score (nSPS) is 17.0. The van der Waals surface area contributed by atoms with Crippen LogP contribution in [0.2, 0.25) is 0 Å². The van der Waals surface area contributed by atoms with Gasteiger partial charge in [-0.1, -0.05) is 13.8 Å². The van der Waals surface area contributed by atoms with E-state index in [4.69, 9.17) is 0 Å². The Morgan fingerprint density at radius 3 is 1.08 bits per heavy atom. The monoisotopic (exact) mass is 172 g/mol. The third kappa shape index (κ3) is 3.11. The Bertz CT molecular complexity index is 96.4. The molecule has 74 valence electrons. The van der Waals surface area contributed by atoms with Gasteiger partial charge in [0.05, 0.1) is 0 Å². The van der Waals surface area contributed by atoms with E-state index in [9.17, 15) is 0 Å². The molecule has 0 heterocycles. The molecule has 0 aliphatic heterocycles. The van der Waals surface area contributed by atoms with Crippen LogP contribution >= 0.6 is 0 Å². The smallest absolute Gasteiger partial charge is 0.0242 e. The van der Waals surface area contributed by atoms with Crippen LogP contribution in [0.1, 0.15) is 26.7 Å². The van der Waals surface area contributed by atoms with Gasteiger partial charge in [0.2, 0.25) is 0 Å². The van der Waals surface area contributed by atoms with E-state index in [1.165, 1.54) is 12.8 Å². The van der Waals surface area contributed by atoms with E-state index >= 15 is 0 Å². The zero-order chi connectivity index (χ0) is 9.72. The highest BCUT2D eigenvalue weighted by Crippen LogP contribution is 2.12. The summed E-state index contributed by atoms with van der Waals surface area (Å²) in [5.41, 5.74) is 0. The van der Waals surface area contributed by atoms with E-state index < -0.39 is 0 Å². The highest BCUT2D eigenvalue weighted by Gasteiger charge is 2.21. The molecular weight excluding hydrogens is 148 g/mol. The SMILES string of the molecule is CCC(C(CC)N(C)C)N(C)C. The molecule has 0 rings (SSSR count). The summed E-state index contributed by atoms with van der Waals surface area (Å²) in [4.78, 5) is 4.66. The van der Waals surface area contributed by atoms with Gasteiger partial charge in [-0.3, -0.25) is 0 Å². The maximum Gasteiger partial charge on any atom is 0.0242 e. The lowest BCUT2D eigenvalue weighted by atomic mass is 10.0. The van der Waals surface area contributed by atoms with Gasteiger partial charge in [-0.25, -0.2) is 0 Å². The lowest BCUT2D eigenvalue weighted by Crippen LogP contribution is -2.46. The fourth-order valence-electron chi connectivity index (χ4n) is 1.96. The summed E-state index contributed by atoms with van der Waals surface area (Å²) in [6.45, 7) is 4.52. The lowest BCUT2D eigenvalue weighted by Gasteiger charge is -2.35. The van der Waals surface area contributed by atoms with Crippen molar-refractivity contribution in [3.8, 4) is 0 Å². The van der Waals surface area contributed by atoms with Crippen molar-refractivity contribution in [3.63, 3.8) is 0 Å². The Hall–Kier alpha value is -0.0800. The summed E-state index contributed by atoms with van der Waals surface area (Å²) < 4.78 is 0. The van der Waals surface area contributed by atoms with Gasteiger partial charge in [-0.2, -0.15) is 0 Å². The van der Waals surface area contributed by atoms with Crippen LogP contribution < -0.4 is 0 Å². The minimum absolute atomic E-state index is 0.685. The maximum atomic E-state index is 2.33. The molecule has 0 radical (unpaired) electrons. The van der Waals surface area contributed by atoms with E-state index in [0.717, 1.165) is 0 Å². The number of nitrogens with zero attached hydrogens (tertiary/aromatic N) is 2. The van der Waals surface area contributed by atoms with Gasteiger partial charge >= 0.3 is 0 Å². The van der Waals surface area contributed by atoms with Crippen molar-refractivity contribution >= 4 is 0 Å². The van der Waals surface area contributed by atoms with Crippen molar-refractivity contribution in [2.24, 2.45) is 0 Å². The first kappa shape index (κ1) is 11.9. The summed E-state index contributed by atoms with van der Waals surface area (Å²) in [5, 5.41) is 0. The Kier molecular flexibility index (Phi) is 5.51. The maximum absolute atomic E-state index is 2.33. The first-order chi connectivity index (χ1) is 5.54. The summed E-state index contributed by atoms with van der Waals surface area (Å²) in [6.07, 6.45) is 2.45. The van der Waals surface area contributed by atoms with Crippen LogP contribution in [0.4, 0.5) is 0 Å². The summed E-state index contributed by atoms with van der Waals surface area (Å²) in [7, 11) is 8.67. The van der Waals surface area contributed by atoms with E-state index in [-0.39, 0.29) is 0 Å². The predicted molar refractivity (Wildman–Crippen MR) is 55.5 cm³/mol. The molecule has 2 nitrogen and oxygen atoms in total. The Morgan fingerprint density at radius 2 is 1.00 bits per heavy atom. The number of likely N-dealkylation sites (N-methyl/N-ethyl adjacent to an activating group) is 2. The second-order valence-electron chi connectivity index (χ2n) is 3.88. The summed E-state index contributed by atoms with van der Waals surface area (Å²) in [6, 6.07) is 1.37.